The monoisotopic (exact) mass is 348 g/mol. The van der Waals surface area contributed by atoms with Gasteiger partial charge in [-0.15, -0.1) is 0 Å². The largest absolute Gasteiger partial charge is 0.454 e. The van der Waals surface area contributed by atoms with Crippen molar-refractivity contribution in [3.05, 3.63) is 23.8 Å². The second-order valence-corrected chi connectivity index (χ2v) is 6.38. The summed E-state index contributed by atoms with van der Waals surface area (Å²) in [4.78, 5) is 28.4. The van der Waals surface area contributed by atoms with Crippen molar-refractivity contribution in [2.75, 3.05) is 40.1 Å². The van der Waals surface area contributed by atoms with E-state index in [9.17, 15) is 9.59 Å². The van der Waals surface area contributed by atoms with Gasteiger partial charge in [0.25, 0.3) is 0 Å². The first kappa shape index (κ1) is 17.5. The SMILES string of the molecule is C[C@H](C(=O)c1ccc2c(c1)OCO2)N(C)C(=O)OCCN1CCCC1. The van der Waals surface area contributed by atoms with Crippen LogP contribution in [0.1, 0.15) is 30.1 Å². The summed E-state index contributed by atoms with van der Waals surface area (Å²) in [7, 11) is 1.58. The molecule has 1 aromatic carbocycles. The van der Waals surface area contributed by atoms with Crippen LogP contribution in [0.3, 0.4) is 0 Å². The van der Waals surface area contributed by atoms with E-state index in [1.807, 2.05) is 0 Å². The summed E-state index contributed by atoms with van der Waals surface area (Å²) in [5.74, 6) is 1.00. The van der Waals surface area contributed by atoms with Gasteiger partial charge in [0.15, 0.2) is 17.3 Å². The number of likely N-dealkylation sites (tertiary alicyclic amines) is 1. The molecular weight excluding hydrogens is 324 g/mol. The maximum atomic E-state index is 12.6. The first-order valence-corrected chi connectivity index (χ1v) is 8.62. The number of nitrogens with zero attached hydrogens (tertiary/aromatic N) is 2. The van der Waals surface area contributed by atoms with Crippen LogP contribution in [0.15, 0.2) is 18.2 Å². The Balaban J connectivity index is 1.52. The molecule has 2 heterocycles. The molecule has 3 rings (SSSR count). The van der Waals surface area contributed by atoms with Gasteiger partial charge in [0.1, 0.15) is 6.61 Å². The molecule has 1 atom stereocenters. The normalized spacial score (nSPS) is 17.4. The Kier molecular flexibility index (Phi) is 5.43. The topological polar surface area (TPSA) is 68.3 Å². The molecule has 0 radical (unpaired) electrons. The number of benzene rings is 1. The molecule has 0 unspecified atom stereocenters. The van der Waals surface area contributed by atoms with Crippen molar-refractivity contribution in [1.82, 2.24) is 9.80 Å². The molecule has 0 aliphatic carbocycles. The lowest BCUT2D eigenvalue weighted by atomic mass is 10.0. The second-order valence-electron chi connectivity index (χ2n) is 6.38. The van der Waals surface area contributed by atoms with Crippen LogP contribution in [-0.2, 0) is 4.74 Å². The van der Waals surface area contributed by atoms with Crippen molar-refractivity contribution in [1.29, 1.82) is 0 Å². The first-order valence-electron chi connectivity index (χ1n) is 8.62. The molecule has 7 nitrogen and oxygen atoms in total. The van der Waals surface area contributed by atoms with Gasteiger partial charge in [-0.3, -0.25) is 9.69 Å². The molecule has 0 spiro atoms. The minimum atomic E-state index is -0.625. The summed E-state index contributed by atoms with van der Waals surface area (Å²) in [6.07, 6.45) is 1.92. The number of hydrogen-bond donors (Lipinski definition) is 0. The Morgan fingerprint density at radius 3 is 2.72 bits per heavy atom. The number of ketones is 1. The second kappa shape index (κ2) is 7.74. The predicted molar refractivity (Wildman–Crippen MR) is 91.1 cm³/mol. The van der Waals surface area contributed by atoms with Gasteiger partial charge in [0, 0.05) is 19.2 Å². The highest BCUT2D eigenvalue weighted by molar-refractivity contribution is 6.01. The maximum absolute atomic E-state index is 12.6. The number of likely N-dealkylation sites (N-methyl/N-ethyl adjacent to an activating group) is 1. The molecule has 0 saturated carbocycles. The molecule has 7 heteroatoms. The average Bonchev–Trinajstić information content (AvgIpc) is 3.30. The smallest absolute Gasteiger partial charge is 0.410 e. The van der Waals surface area contributed by atoms with Crippen LogP contribution < -0.4 is 9.47 Å². The molecule has 1 aromatic rings. The standard InChI is InChI=1S/C18H24N2O5/c1-13(17(21)14-5-6-15-16(11-14)25-12-24-15)19(2)18(22)23-10-9-20-7-3-4-8-20/h5-6,11,13H,3-4,7-10,12H2,1-2H3/t13-/m1/s1. The number of amides is 1. The van der Waals surface area contributed by atoms with E-state index in [1.165, 1.54) is 17.7 Å². The zero-order valence-corrected chi connectivity index (χ0v) is 14.7. The minimum absolute atomic E-state index is 0.159. The van der Waals surface area contributed by atoms with Gasteiger partial charge in [0.2, 0.25) is 6.79 Å². The van der Waals surface area contributed by atoms with Gasteiger partial charge in [-0.25, -0.2) is 4.79 Å². The van der Waals surface area contributed by atoms with Crippen LogP contribution in [-0.4, -0.2) is 67.8 Å². The fraction of sp³-hybridized carbons (Fsp3) is 0.556. The van der Waals surface area contributed by atoms with Crippen molar-refractivity contribution >= 4 is 11.9 Å². The minimum Gasteiger partial charge on any atom is -0.454 e. The Hall–Kier alpha value is -2.28. The molecule has 2 aliphatic heterocycles. The van der Waals surface area contributed by atoms with Gasteiger partial charge in [-0.1, -0.05) is 0 Å². The first-order chi connectivity index (χ1) is 12.1. The summed E-state index contributed by atoms with van der Waals surface area (Å²) in [6, 6.07) is 4.41. The van der Waals surface area contributed by atoms with Crippen LogP contribution in [0.5, 0.6) is 11.5 Å². The quantitative estimate of drug-likeness (QED) is 0.734. The molecule has 25 heavy (non-hydrogen) atoms. The van der Waals surface area contributed by atoms with E-state index in [0.29, 0.717) is 23.7 Å². The molecule has 1 fully saturated rings. The molecule has 1 amide bonds. The van der Waals surface area contributed by atoms with E-state index in [1.54, 1.807) is 32.2 Å². The Morgan fingerprint density at radius 1 is 1.24 bits per heavy atom. The lowest BCUT2D eigenvalue weighted by Gasteiger charge is -2.24. The van der Waals surface area contributed by atoms with Crippen molar-refractivity contribution < 1.29 is 23.8 Å². The molecule has 0 N–H and O–H groups in total. The third-order valence-electron chi connectivity index (χ3n) is 4.74. The van der Waals surface area contributed by atoms with Gasteiger partial charge in [-0.05, 0) is 51.1 Å². The van der Waals surface area contributed by atoms with Crippen molar-refractivity contribution in [3.8, 4) is 11.5 Å². The number of carbonyl (C=O) groups is 2. The van der Waals surface area contributed by atoms with E-state index in [0.717, 1.165) is 19.6 Å². The van der Waals surface area contributed by atoms with Crippen molar-refractivity contribution in [2.24, 2.45) is 0 Å². The average molecular weight is 348 g/mol. The van der Waals surface area contributed by atoms with Gasteiger partial charge in [0.05, 0.1) is 6.04 Å². The summed E-state index contributed by atoms with van der Waals surface area (Å²) in [6.45, 7) is 5.05. The molecule has 2 aliphatic rings. The zero-order valence-electron chi connectivity index (χ0n) is 14.7. The van der Waals surface area contributed by atoms with Gasteiger partial charge < -0.3 is 19.1 Å². The lowest BCUT2D eigenvalue weighted by Crippen LogP contribution is -2.41. The molecule has 0 bridgehead atoms. The number of ether oxygens (including phenoxy) is 3. The lowest BCUT2D eigenvalue weighted by molar-refractivity contribution is 0.0734. The highest BCUT2D eigenvalue weighted by atomic mass is 16.7. The number of fused-ring (bicyclic) bond motifs is 1. The highest BCUT2D eigenvalue weighted by Crippen LogP contribution is 2.33. The molecule has 136 valence electrons. The van der Waals surface area contributed by atoms with Crippen molar-refractivity contribution in [3.63, 3.8) is 0 Å². The maximum Gasteiger partial charge on any atom is 0.410 e. The number of Topliss-reactive ketones (excluding diaryl/α,β-unsaturated/α-hetero) is 1. The Labute approximate surface area is 147 Å². The van der Waals surface area contributed by atoms with Gasteiger partial charge >= 0.3 is 6.09 Å². The zero-order chi connectivity index (χ0) is 17.8. The van der Waals surface area contributed by atoms with Crippen molar-refractivity contribution in [2.45, 2.75) is 25.8 Å². The van der Waals surface area contributed by atoms with E-state index in [2.05, 4.69) is 4.90 Å². The van der Waals surface area contributed by atoms with Crippen LogP contribution in [0.25, 0.3) is 0 Å². The van der Waals surface area contributed by atoms with Crippen LogP contribution >= 0.6 is 0 Å². The third-order valence-corrected chi connectivity index (χ3v) is 4.74. The Morgan fingerprint density at radius 2 is 1.96 bits per heavy atom. The van der Waals surface area contributed by atoms with Gasteiger partial charge in [-0.2, -0.15) is 0 Å². The van der Waals surface area contributed by atoms with E-state index in [4.69, 9.17) is 14.2 Å². The number of hydrogen-bond acceptors (Lipinski definition) is 6. The predicted octanol–water partition coefficient (Wildman–Crippen LogP) is 2.15. The van der Waals surface area contributed by atoms with Crippen LogP contribution in [0.4, 0.5) is 4.79 Å². The highest BCUT2D eigenvalue weighted by Gasteiger charge is 2.26. The Bertz CT molecular complexity index is 642. The van der Waals surface area contributed by atoms with Crippen LogP contribution in [0, 0.1) is 0 Å². The fourth-order valence-corrected chi connectivity index (χ4v) is 3.00. The molecular formula is C18H24N2O5. The summed E-state index contributed by atoms with van der Waals surface area (Å²) >= 11 is 0. The summed E-state index contributed by atoms with van der Waals surface area (Å²) < 4.78 is 15.8. The van der Waals surface area contributed by atoms with E-state index < -0.39 is 12.1 Å². The molecule has 1 saturated heterocycles. The van der Waals surface area contributed by atoms with Crippen LogP contribution in [0.2, 0.25) is 0 Å². The summed E-state index contributed by atoms with van der Waals surface area (Å²) in [5.41, 5.74) is 0.480. The number of rotatable bonds is 6. The molecule has 0 aromatic heterocycles. The fourth-order valence-electron chi connectivity index (χ4n) is 3.00. The third kappa shape index (κ3) is 4.04. The number of carbonyl (C=O) groups excluding carboxylic acids is 2. The van der Waals surface area contributed by atoms with E-state index in [-0.39, 0.29) is 12.6 Å². The summed E-state index contributed by atoms with van der Waals surface area (Å²) in [5, 5.41) is 0. The van der Waals surface area contributed by atoms with E-state index >= 15 is 0 Å².